The fraction of sp³-hybridized carbons (Fsp3) is 0.0769. The largest absolute Gasteiger partial charge is 0.380 e. The van der Waals surface area contributed by atoms with Gasteiger partial charge in [0.2, 0.25) is 5.95 Å². The van der Waals surface area contributed by atoms with Gasteiger partial charge in [-0.1, -0.05) is 6.07 Å². The molecule has 1 heterocycles. The van der Waals surface area contributed by atoms with Crippen molar-refractivity contribution in [2.75, 3.05) is 5.32 Å². The minimum Gasteiger partial charge on any atom is -0.380 e. The van der Waals surface area contributed by atoms with Crippen molar-refractivity contribution >= 4 is 5.69 Å². The summed E-state index contributed by atoms with van der Waals surface area (Å²) in [5.41, 5.74) is 1.42. The Morgan fingerprint density at radius 3 is 2.72 bits per heavy atom. The van der Waals surface area contributed by atoms with Gasteiger partial charge >= 0.3 is 0 Å². The molecular weight excluding hydrogens is 236 g/mol. The Balaban J connectivity index is 2.06. The van der Waals surface area contributed by atoms with Gasteiger partial charge in [0.15, 0.2) is 0 Å². The first-order valence-corrected chi connectivity index (χ1v) is 5.23. The molecule has 0 bridgehead atoms. The van der Waals surface area contributed by atoms with Crippen molar-refractivity contribution in [3.05, 3.63) is 59.4 Å². The zero-order valence-corrected chi connectivity index (χ0v) is 9.32. The normalized spacial score (nSPS) is 9.83. The number of anilines is 1. The van der Waals surface area contributed by atoms with Crippen molar-refractivity contribution in [3.8, 4) is 6.07 Å². The molecule has 1 aromatic carbocycles. The summed E-state index contributed by atoms with van der Waals surface area (Å²) >= 11 is 0. The SMILES string of the molecule is N#Cc1cc(CNc2ccc(F)nc2)ccc1F. The van der Waals surface area contributed by atoms with Crippen molar-refractivity contribution < 1.29 is 8.78 Å². The lowest BCUT2D eigenvalue weighted by Gasteiger charge is -2.06. The van der Waals surface area contributed by atoms with Crippen LogP contribution in [0.2, 0.25) is 0 Å². The Morgan fingerprint density at radius 2 is 2.06 bits per heavy atom. The minimum atomic E-state index is -0.547. The predicted octanol–water partition coefficient (Wildman–Crippen LogP) is 2.84. The van der Waals surface area contributed by atoms with Crippen molar-refractivity contribution in [1.82, 2.24) is 4.98 Å². The summed E-state index contributed by atoms with van der Waals surface area (Å²) in [7, 11) is 0. The van der Waals surface area contributed by atoms with E-state index >= 15 is 0 Å². The van der Waals surface area contributed by atoms with E-state index in [0.29, 0.717) is 12.2 Å². The van der Waals surface area contributed by atoms with Crippen LogP contribution in [-0.2, 0) is 6.54 Å². The molecule has 18 heavy (non-hydrogen) atoms. The van der Waals surface area contributed by atoms with Crippen LogP contribution in [0.4, 0.5) is 14.5 Å². The fourth-order valence-corrected chi connectivity index (χ4v) is 1.45. The number of nitriles is 1. The molecule has 0 radical (unpaired) electrons. The number of nitrogens with zero attached hydrogens (tertiary/aromatic N) is 2. The van der Waals surface area contributed by atoms with Gasteiger partial charge in [0, 0.05) is 6.54 Å². The van der Waals surface area contributed by atoms with Gasteiger partial charge in [0.05, 0.1) is 17.4 Å². The molecule has 1 N–H and O–H groups in total. The highest BCUT2D eigenvalue weighted by Crippen LogP contribution is 2.12. The highest BCUT2D eigenvalue weighted by Gasteiger charge is 2.02. The van der Waals surface area contributed by atoms with E-state index in [4.69, 9.17) is 5.26 Å². The first-order chi connectivity index (χ1) is 8.69. The molecule has 0 aliphatic carbocycles. The van der Waals surface area contributed by atoms with E-state index in [1.54, 1.807) is 18.2 Å². The first kappa shape index (κ1) is 12.0. The molecule has 0 atom stereocenters. The molecule has 90 valence electrons. The van der Waals surface area contributed by atoms with Gasteiger partial charge in [-0.25, -0.2) is 9.37 Å². The van der Waals surface area contributed by atoms with Crippen LogP contribution in [0.25, 0.3) is 0 Å². The van der Waals surface area contributed by atoms with E-state index in [-0.39, 0.29) is 5.56 Å². The summed E-state index contributed by atoms with van der Waals surface area (Å²) in [4.78, 5) is 3.50. The standard InChI is InChI=1S/C13H9F2N3/c14-12-3-1-9(5-10(12)6-16)7-17-11-2-4-13(15)18-8-11/h1-5,8,17H,7H2. The van der Waals surface area contributed by atoms with Crippen LogP contribution in [0.5, 0.6) is 0 Å². The summed E-state index contributed by atoms with van der Waals surface area (Å²) in [6, 6.07) is 8.88. The van der Waals surface area contributed by atoms with Crippen LogP contribution in [0.15, 0.2) is 36.5 Å². The summed E-state index contributed by atoms with van der Waals surface area (Å²) in [6.45, 7) is 0.405. The maximum absolute atomic E-state index is 13.1. The van der Waals surface area contributed by atoms with Crippen molar-refractivity contribution in [3.63, 3.8) is 0 Å². The lowest BCUT2D eigenvalue weighted by atomic mass is 10.1. The smallest absolute Gasteiger partial charge is 0.212 e. The number of hydrogen-bond donors (Lipinski definition) is 1. The van der Waals surface area contributed by atoms with Crippen LogP contribution >= 0.6 is 0 Å². The van der Waals surface area contributed by atoms with Crippen molar-refractivity contribution in [2.45, 2.75) is 6.54 Å². The molecule has 0 saturated carbocycles. The molecule has 5 heteroatoms. The Kier molecular flexibility index (Phi) is 3.49. The Hall–Kier alpha value is -2.48. The summed E-state index contributed by atoms with van der Waals surface area (Å²) in [5, 5.41) is 11.7. The van der Waals surface area contributed by atoms with E-state index < -0.39 is 11.8 Å². The molecule has 0 amide bonds. The number of pyridine rings is 1. The molecule has 0 spiro atoms. The number of benzene rings is 1. The number of aromatic nitrogens is 1. The first-order valence-electron chi connectivity index (χ1n) is 5.23. The average Bonchev–Trinajstić information content (AvgIpc) is 2.39. The monoisotopic (exact) mass is 245 g/mol. The third-order valence-electron chi connectivity index (χ3n) is 2.38. The van der Waals surface area contributed by atoms with Crippen molar-refractivity contribution in [1.29, 1.82) is 5.26 Å². The van der Waals surface area contributed by atoms with E-state index in [0.717, 1.165) is 5.56 Å². The quantitative estimate of drug-likeness (QED) is 0.846. The van der Waals surface area contributed by atoms with E-state index in [2.05, 4.69) is 10.3 Å². The zero-order chi connectivity index (χ0) is 13.0. The van der Waals surface area contributed by atoms with Gasteiger partial charge in [-0.3, -0.25) is 0 Å². The van der Waals surface area contributed by atoms with E-state index in [1.165, 1.54) is 24.4 Å². The Labute approximate surface area is 103 Å². The second-order valence-electron chi connectivity index (χ2n) is 3.65. The molecule has 0 aliphatic heterocycles. The third-order valence-corrected chi connectivity index (χ3v) is 2.38. The Bertz CT molecular complexity index is 588. The molecule has 0 aliphatic rings. The summed E-state index contributed by atoms with van der Waals surface area (Å²) in [5.74, 6) is -1.08. The van der Waals surface area contributed by atoms with E-state index in [9.17, 15) is 8.78 Å². The lowest BCUT2D eigenvalue weighted by molar-refractivity contribution is 0.584. The average molecular weight is 245 g/mol. The minimum absolute atomic E-state index is 0.00605. The molecule has 2 aromatic rings. The lowest BCUT2D eigenvalue weighted by Crippen LogP contribution is -2.01. The number of hydrogen-bond acceptors (Lipinski definition) is 3. The van der Waals surface area contributed by atoms with Crippen LogP contribution in [0.1, 0.15) is 11.1 Å². The highest BCUT2D eigenvalue weighted by atomic mass is 19.1. The topological polar surface area (TPSA) is 48.7 Å². The van der Waals surface area contributed by atoms with Gasteiger partial charge in [0.25, 0.3) is 0 Å². The fourth-order valence-electron chi connectivity index (χ4n) is 1.45. The maximum atomic E-state index is 13.1. The van der Waals surface area contributed by atoms with Gasteiger partial charge in [-0.15, -0.1) is 0 Å². The zero-order valence-electron chi connectivity index (χ0n) is 9.32. The number of rotatable bonds is 3. The van der Waals surface area contributed by atoms with Crippen LogP contribution in [0, 0.1) is 23.1 Å². The van der Waals surface area contributed by atoms with Gasteiger partial charge in [-0.2, -0.15) is 9.65 Å². The molecule has 0 fully saturated rings. The molecule has 3 nitrogen and oxygen atoms in total. The summed E-state index contributed by atoms with van der Waals surface area (Å²) in [6.07, 6.45) is 1.37. The molecule has 0 unspecified atom stereocenters. The van der Waals surface area contributed by atoms with Crippen LogP contribution < -0.4 is 5.32 Å². The van der Waals surface area contributed by atoms with Crippen LogP contribution in [0.3, 0.4) is 0 Å². The molecule has 1 aromatic heterocycles. The number of halogens is 2. The Morgan fingerprint density at radius 1 is 1.22 bits per heavy atom. The second kappa shape index (κ2) is 5.23. The molecular formula is C13H9F2N3. The second-order valence-corrected chi connectivity index (χ2v) is 3.65. The van der Waals surface area contributed by atoms with Gasteiger partial charge < -0.3 is 5.32 Å². The van der Waals surface area contributed by atoms with E-state index in [1.807, 2.05) is 0 Å². The third kappa shape index (κ3) is 2.80. The van der Waals surface area contributed by atoms with Crippen molar-refractivity contribution in [2.24, 2.45) is 0 Å². The van der Waals surface area contributed by atoms with Gasteiger partial charge in [-0.05, 0) is 29.8 Å². The highest BCUT2D eigenvalue weighted by molar-refractivity contribution is 5.42. The summed E-state index contributed by atoms with van der Waals surface area (Å²) < 4.78 is 25.7. The van der Waals surface area contributed by atoms with Crippen LogP contribution in [-0.4, -0.2) is 4.98 Å². The predicted molar refractivity (Wildman–Crippen MR) is 62.6 cm³/mol. The molecule has 0 saturated heterocycles. The maximum Gasteiger partial charge on any atom is 0.212 e. The molecule has 2 rings (SSSR count). The number of nitrogens with one attached hydrogen (secondary N) is 1. The van der Waals surface area contributed by atoms with Gasteiger partial charge in [0.1, 0.15) is 11.9 Å².